The second-order valence-electron chi connectivity index (χ2n) is 10.1. The molecule has 4 aromatic rings. The first-order chi connectivity index (χ1) is 17.8. The largest absolute Gasteiger partial charge is 0.435 e. The van der Waals surface area contributed by atoms with Crippen LogP contribution < -0.4 is 4.90 Å². The summed E-state index contributed by atoms with van der Waals surface area (Å²) >= 11 is 0. The van der Waals surface area contributed by atoms with Crippen LogP contribution in [0, 0.1) is 6.92 Å². The van der Waals surface area contributed by atoms with Gasteiger partial charge >= 0.3 is 6.18 Å². The highest BCUT2D eigenvalue weighted by Gasteiger charge is 2.34. The van der Waals surface area contributed by atoms with Gasteiger partial charge in [-0.1, -0.05) is 30.3 Å². The number of halogens is 3. The maximum Gasteiger partial charge on any atom is 0.435 e. The van der Waals surface area contributed by atoms with Gasteiger partial charge in [0.15, 0.2) is 11.5 Å². The molecule has 5 nitrogen and oxygen atoms in total. The molecule has 3 aromatic heterocycles. The van der Waals surface area contributed by atoms with Gasteiger partial charge in [0.05, 0.1) is 5.69 Å². The molecule has 0 spiro atoms. The molecule has 0 atom stereocenters. The number of nitrogens with zero attached hydrogens (tertiary/aromatic N) is 5. The zero-order valence-electron chi connectivity index (χ0n) is 20.9. The molecule has 2 aliphatic carbocycles. The average Bonchev–Trinajstić information content (AvgIpc) is 3.48. The lowest BCUT2D eigenvalue weighted by molar-refractivity contribution is -0.141. The van der Waals surface area contributed by atoms with Gasteiger partial charge in [0.1, 0.15) is 0 Å². The van der Waals surface area contributed by atoms with E-state index in [1.165, 1.54) is 45.6 Å². The van der Waals surface area contributed by atoms with Crippen molar-refractivity contribution in [3.63, 3.8) is 0 Å². The summed E-state index contributed by atoms with van der Waals surface area (Å²) in [5.41, 5.74) is 7.78. The molecule has 1 aromatic carbocycles. The van der Waals surface area contributed by atoms with Crippen LogP contribution in [0.4, 0.5) is 18.9 Å². The zero-order valence-corrected chi connectivity index (χ0v) is 20.9. The van der Waals surface area contributed by atoms with Crippen LogP contribution in [0.15, 0.2) is 54.7 Å². The molecule has 2 aliphatic rings. The molecule has 3 heterocycles. The van der Waals surface area contributed by atoms with E-state index < -0.39 is 11.9 Å². The molecule has 0 radical (unpaired) electrons. The lowest BCUT2D eigenvalue weighted by Gasteiger charge is -2.24. The minimum absolute atomic E-state index is 0.364. The van der Waals surface area contributed by atoms with E-state index in [-0.39, 0.29) is 0 Å². The second-order valence-corrected chi connectivity index (χ2v) is 10.1. The van der Waals surface area contributed by atoms with Crippen molar-refractivity contribution in [3.8, 4) is 17.1 Å². The molecule has 8 heteroatoms. The van der Waals surface area contributed by atoms with E-state index in [0.29, 0.717) is 24.0 Å². The Bertz CT molecular complexity index is 1450. The van der Waals surface area contributed by atoms with E-state index in [4.69, 9.17) is 4.98 Å². The number of aromatic nitrogens is 4. The van der Waals surface area contributed by atoms with E-state index in [1.54, 1.807) is 19.2 Å². The van der Waals surface area contributed by atoms with Gasteiger partial charge in [0, 0.05) is 42.4 Å². The molecule has 0 unspecified atom stereocenters. The lowest BCUT2D eigenvalue weighted by Crippen LogP contribution is -2.19. The molecule has 0 amide bonds. The fourth-order valence-corrected chi connectivity index (χ4v) is 5.32. The first-order valence-electron chi connectivity index (χ1n) is 12.7. The maximum absolute atomic E-state index is 13.1. The second kappa shape index (κ2) is 9.01. The number of fused-ring (bicyclic) bond motifs is 1. The van der Waals surface area contributed by atoms with Crippen LogP contribution in [-0.4, -0.2) is 26.8 Å². The number of pyridine rings is 2. The SMILES string of the molecule is Cc1cc(C(F)(F)F)nn1-c1ccc(CN(C)c2cc(-c3ccccc3C3CC3)nc3c2CCC3)cn1. The zero-order chi connectivity index (χ0) is 25.7. The van der Waals surface area contributed by atoms with E-state index >= 15 is 0 Å². The van der Waals surface area contributed by atoms with Gasteiger partial charge in [-0.15, -0.1) is 0 Å². The highest BCUT2D eigenvalue weighted by Crippen LogP contribution is 2.45. The topological polar surface area (TPSA) is 46.8 Å². The summed E-state index contributed by atoms with van der Waals surface area (Å²) in [5, 5.41) is 3.70. The van der Waals surface area contributed by atoms with Crippen LogP contribution >= 0.6 is 0 Å². The Morgan fingerprint density at radius 1 is 1.05 bits per heavy atom. The Labute approximate surface area is 214 Å². The molecule has 0 saturated heterocycles. The molecule has 6 rings (SSSR count). The predicted octanol–water partition coefficient (Wildman–Crippen LogP) is 6.66. The summed E-state index contributed by atoms with van der Waals surface area (Å²) in [6.45, 7) is 2.22. The number of rotatable bonds is 6. The summed E-state index contributed by atoms with van der Waals surface area (Å²) in [6, 6.07) is 15.5. The van der Waals surface area contributed by atoms with Gasteiger partial charge in [-0.3, -0.25) is 4.98 Å². The van der Waals surface area contributed by atoms with Crippen molar-refractivity contribution in [2.45, 2.75) is 57.7 Å². The number of aryl methyl sites for hydroxylation is 2. The van der Waals surface area contributed by atoms with Crippen LogP contribution in [0.25, 0.3) is 17.1 Å². The Morgan fingerprint density at radius 3 is 2.57 bits per heavy atom. The molecule has 37 heavy (non-hydrogen) atoms. The van der Waals surface area contributed by atoms with Crippen LogP contribution in [0.2, 0.25) is 0 Å². The molecule has 0 aliphatic heterocycles. The van der Waals surface area contributed by atoms with Crippen molar-refractivity contribution in [3.05, 3.63) is 88.5 Å². The third-order valence-electron chi connectivity index (χ3n) is 7.32. The molecule has 1 fully saturated rings. The minimum atomic E-state index is -4.48. The van der Waals surface area contributed by atoms with Gasteiger partial charge < -0.3 is 4.90 Å². The van der Waals surface area contributed by atoms with Crippen LogP contribution in [0.1, 0.15) is 59.0 Å². The monoisotopic (exact) mass is 503 g/mol. The van der Waals surface area contributed by atoms with E-state index in [0.717, 1.165) is 36.6 Å². The van der Waals surface area contributed by atoms with E-state index in [9.17, 15) is 13.2 Å². The Kier molecular flexibility index (Phi) is 5.77. The summed E-state index contributed by atoms with van der Waals surface area (Å²) in [5.74, 6) is 1.01. The molecular formula is C29H28F3N5. The quantitative estimate of drug-likeness (QED) is 0.295. The molecule has 190 valence electrons. The molecular weight excluding hydrogens is 475 g/mol. The summed E-state index contributed by atoms with van der Waals surface area (Å²) in [7, 11) is 2.08. The number of benzene rings is 1. The molecule has 1 saturated carbocycles. The van der Waals surface area contributed by atoms with Gasteiger partial charge in [-0.05, 0) is 79.8 Å². The average molecular weight is 504 g/mol. The number of anilines is 1. The van der Waals surface area contributed by atoms with Crippen molar-refractivity contribution in [2.24, 2.45) is 0 Å². The first kappa shape index (κ1) is 23.7. The number of alkyl halides is 3. The van der Waals surface area contributed by atoms with Crippen molar-refractivity contribution in [1.82, 2.24) is 19.7 Å². The van der Waals surface area contributed by atoms with Crippen molar-refractivity contribution in [2.75, 3.05) is 11.9 Å². The van der Waals surface area contributed by atoms with Crippen molar-refractivity contribution < 1.29 is 13.2 Å². The van der Waals surface area contributed by atoms with Crippen LogP contribution in [0.3, 0.4) is 0 Å². The van der Waals surface area contributed by atoms with Crippen LogP contribution in [0.5, 0.6) is 0 Å². The van der Waals surface area contributed by atoms with Gasteiger partial charge in [-0.25, -0.2) is 9.67 Å². The normalized spacial score (nSPS) is 15.2. The number of hydrogen-bond acceptors (Lipinski definition) is 4. The molecule has 0 N–H and O–H groups in total. The smallest absolute Gasteiger partial charge is 0.370 e. The fraction of sp³-hybridized carbons (Fsp3) is 0.345. The van der Waals surface area contributed by atoms with Crippen molar-refractivity contribution >= 4 is 5.69 Å². The third kappa shape index (κ3) is 4.61. The van der Waals surface area contributed by atoms with E-state index in [1.807, 2.05) is 6.07 Å². The Morgan fingerprint density at radius 2 is 1.86 bits per heavy atom. The summed E-state index contributed by atoms with van der Waals surface area (Å²) < 4.78 is 40.4. The van der Waals surface area contributed by atoms with E-state index in [2.05, 4.69) is 52.4 Å². The Balaban J connectivity index is 1.27. The summed E-state index contributed by atoms with van der Waals surface area (Å²) in [4.78, 5) is 11.7. The van der Waals surface area contributed by atoms with Crippen LogP contribution in [-0.2, 0) is 25.6 Å². The Hall–Kier alpha value is -3.68. The lowest BCUT2D eigenvalue weighted by atomic mass is 9.98. The fourth-order valence-electron chi connectivity index (χ4n) is 5.32. The number of hydrogen-bond donors (Lipinski definition) is 0. The standard InChI is InChI=1S/C29H28F3N5/c1-18-14-27(29(30,31)32)35-37(18)28-13-10-19(16-33-28)17-36(2)26-15-25(34-24-9-5-8-23(24)26)22-7-4-3-6-21(22)20-11-12-20/h3-4,6-7,10,13-16,20H,5,8-9,11-12,17H2,1-2H3. The van der Waals surface area contributed by atoms with Gasteiger partial charge in [-0.2, -0.15) is 18.3 Å². The highest BCUT2D eigenvalue weighted by atomic mass is 19.4. The molecule has 0 bridgehead atoms. The van der Waals surface area contributed by atoms with Crippen molar-refractivity contribution in [1.29, 1.82) is 0 Å². The maximum atomic E-state index is 13.1. The minimum Gasteiger partial charge on any atom is -0.370 e. The van der Waals surface area contributed by atoms with Gasteiger partial charge in [0.25, 0.3) is 0 Å². The third-order valence-corrected chi connectivity index (χ3v) is 7.32. The first-order valence-corrected chi connectivity index (χ1v) is 12.7. The summed E-state index contributed by atoms with van der Waals surface area (Å²) in [6.07, 6.45) is 2.84. The highest BCUT2D eigenvalue weighted by molar-refractivity contribution is 5.72. The predicted molar refractivity (Wildman–Crippen MR) is 137 cm³/mol. The van der Waals surface area contributed by atoms with Gasteiger partial charge in [0.2, 0.25) is 0 Å².